The molecule has 0 spiro atoms. The van der Waals surface area contributed by atoms with Crippen molar-refractivity contribution in [2.45, 2.75) is 32.3 Å². The van der Waals surface area contributed by atoms with E-state index in [1.807, 2.05) is 19.9 Å². The number of nitrogens with one attached hydrogen (secondary N) is 1. The van der Waals surface area contributed by atoms with Gasteiger partial charge in [-0.2, -0.15) is 0 Å². The van der Waals surface area contributed by atoms with Crippen molar-refractivity contribution in [2.24, 2.45) is 0 Å². The van der Waals surface area contributed by atoms with Crippen molar-refractivity contribution >= 4 is 0 Å². The molecule has 0 atom stereocenters. The molecule has 0 aliphatic heterocycles. The van der Waals surface area contributed by atoms with Crippen LogP contribution < -0.4 is 5.32 Å². The van der Waals surface area contributed by atoms with Crippen molar-refractivity contribution in [3.05, 3.63) is 35.9 Å². The summed E-state index contributed by atoms with van der Waals surface area (Å²) in [6.07, 6.45) is 1.84. The van der Waals surface area contributed by atoms with Gasteiger partial charge in [0.05, 0.1) is 5.60 Å². The van der Waals surface area contributed by atoms with Gasteiger partial charge in [-0.25, -0.2) is 0 Å². The zero-order valence-electron chi connectivity index (χ0n) is 9.66. The van der Waals surface area contributed by atoms with Crippen molar-refractivity contribution in [3.8, 4) is 0 Å². The van der Waals surface area contributed by atoms with Crippen LogP contribution in [0.1, 0.15) is 25.8 Å². The van der Waals surface area contributed by atoms with E-state index < -0.39 is 5.60 Å². The molecule has 0 unspecified atom stereocenters. The maximum atomic E-state index is 9.49. The van der Waals surface area contributed by atoms with Gasteiger partial charge in [0, 0.05) is 0 Å². The molecule has 0 saturated carbocycles. The van der Waals surface area contributed by atoms with Gasteiger partial charge in [0.2, 0.25) is 0 Å². The summed E-state index contributed by atoms with van der Waals surface area (Å²) in [6.45, 7) is 5.52. The van der Waals surface area contributed by atoms with Gasteiger partial charge in [-0.1, -0.05) is 30.3 Å². The molecular formula is C13H21NO. The molecule has 1 aromatic rings. The monoisotopic (exact) mass is 207 g/mol. The molecule has 84 valence electrons. The van der Waals surface area contributed by atoms with Gasteiger partial charge in [0.25, 0.3) is 0 Å². The number of aliphatic hydroxyl groups is 1. The van der Waals surface area contributed by atoms with Gasteiger partial charge in [-0.15, -0.1) is 0 Å². The Bertz CT molecular complexity index is 264. The predicted octanol–water partition coefficient (Wildman–Crippen LogP) is 1.98. The maximum Gasteiger partial charge on any atom is 0.0603 e. The first-order chi connectivity index (χ1) is 7.08. The van der Waals surface area contributed by atoms with E-state index in [-0.39, 0.29) is 0 Å². The fraction of sp³-hybridized carbons (Fsp3) is 0.538. The van der Waals surface area contributed by atoms with Gasteiger partial charge in [0.15, 0.2) is 0 Å². The Morgan fingerprint density at radius 1 is 1.13 bits per heavy atom. The van der Waals surface area contributed by atoms with Crippen LogP contribution in [0, 0.1) is 0 Å². The summed E-state index contributed by atoms with van der Waals surface area (Å²) in [4.78, 5) is 0. The quantitative estimate of drug-likeness (QED) is 0.699. The molecule has 0 aliphatic carbocycles. The summed E-state index contributed by atoms with van der Waals surface area (Å²) >= 11 is 0. The Labute approximate surface area is 92.3 Å². The van der Waals surface area contributed by atoms with Crippen molar-refractivity contribution in [1.82, 2.24) is 5.32 Å². The van der Waals surface area contributed by atoms with Crippen LogP contribution in [0.25, 0.3) is 0 Å². The fourth-order valence-electron chi connectivity index (χ4n) is 1.40. The van der Waals surface area contributed by atoms with E-state index in [2.05, 4.69) is 29.6 Å². The van der Waals surface area contributed by atoms with Crippen LogP contribution in [0.2, 0.25) is 0 Å². The summed E-state index contributed by atoms with van der Waals surface area (Å²) in [6, 6.07) is 10.4. The third-order valence-corrected chi connectivity index (χ3v) is 2.35. The molecule has 0 radical (unpaired) electrons. The topological polar surface area (TPSA) is 32.3 Å². The van der Waals surface area contributed by atoms with Gasteiger partial charge < -0.3 is 10.4 Å². The highest BCUT2D eigenvalue weighted by Crippen LogP contribution is 2.05. The van der Waals surface area contributed by atoms with Crippen LogP contribution in [-0.4, -0.2) is 23.8 Å². The smallest absolute Gasteiger partial charge is 0.0603 e. The van der Waals surface area contributed by atoms with E-state index in [0.717, 1.165) is 25.9 Å². The summed E-state index contributed by atoms with van der Waals surface area (Å²) < 4.78 is 0. The first kappa shape index (κ1) is 12.2. The summed E-state index contributed by atoms with van der Waals surface area (Å²) in [5, 5.41) is 12.8. The minimum absolute atomic E-state index is 0.556. The molecule has 2 N–H and O–H groups in total. The third-order valence-electron chi connectivity index (χ3n) is 2.35. The molecular weight excluding hydrogens is 186 g/mol. The van der Waals surface area contributed by atoms with E-state index in [1.54, 1.807) is 0 Å². The van der Waals surface area contributed by atoms with Gasteiger partial charge in [-0.05, 0) is 45.3 Å². The normalized spacial score (nSPS) is 11.7. The third kappa shape index (κ3) is 6.26. The Kier molecular flexibility index (Phi) is 4.79. The summed E-state index contributed by atoms with van der Waals surface area (Å²) in [7, 11) is 0. The number of rotatable bonds is 6. The molecule has 0 aliphatic rings. The van der Waals surface area contributed by atoms with E-state index in [0.29, 0.717) is 0 Å². The minimum atomic E-state index is -0.556. The molecule has 0 amide bonds. The van der Waals surface area contributed by atoms with Gasteiger partial charge in [-0.3, -0.25) is 0 Å². The number of benzene rings is 1. The Morgan fingerprint density at radius 2 is 1.80 bits per heavy atom. The SMILES string of the molecule is CC(C)(O)CCNCCc1ccccc1. The van der Waals surface area contributed by atoms with Crippen LogP contribution in [0.15, 0.2) is 30.3 Å². The van der Waals surface area contributed by atoms with Crippen molar-refractivity contribution < 1.29 is 5.11 Å². The molecule has 0 saturated heterocycles. The maximum absolute atomic E-state index is 9.49. The average Bonchev–Trinajstić information content (AvgIpc) is 2.17. The van der Waals surface area contributed by atoms with Crippen LogP contribution in [0.3, 0.4) is 0 Å². The van der Waals surface area contributed by atoms with E-state index in [9.17, 15) is 5.11 Å². The average molecular weight is 207 g/mol. The summed E-state index contributed by atoms with van der Waals surface area (Å²) in [5.41, 5.74) is 0.799. The van der Waals surface area contributed by atoms with Crippen LogP contribution in [0.4, 0.5) is 0 Å². The molecule has 2 nitrogen and oxygen atoms in total. The zero-order valence-corrected chi connectivity index (χ0v) is 9.66. The van der Waals surface area contributed by atoms with E-state index in [4.69, 9.17) is 0 Å². The molecule has 0 aromatic heterocycles. The first-order valence-electron chi connectivity index (χ1n) is 5.55. The molecule has 2 heteroatoms. The molecule has 1 rings (SSSR count). The molecule has 0 heterocycles. The minimum Gasteiger partial charge on any atom is -0.390 e. The Balaban J connectivity index is 2.08. The van der Waals surface area contributed by atoms with Gasteiger partial charge >= 0.3 is 0 Å². The predicted molar refractivity (Wildman–Crippen MR) is 63.9 cm³/mol. The largest absolute Gasteiger partial charge is 0.390 e. The van der Waals surface area contributed by atoms with E-state index >= 15 is 0 Å². The second-order valence-corrected chi connectivity index (χ2v) is 4.55. The second kappa shape index (κ2) is 5.89. The number of hydrogen-bond donors (Lipinski definition) is 2. The fourth-order valence-corrected chi connectivity index (χ4v) is 1.40. The highest BCUT2D eigenvalue weighted by Gasteiger charge is 2.10. The first-order valence-corrected chi connectivity index (χ1v) is 5.55. The highest BCUT2D eigenvalue weighted by atomic mass is 16.3. The summed E-state index contributed by atoms with van der Waals surface area (Å²) in [5.74, 6) is 0. The van der Waals surface area contributed by atoms with Crippen molar-refractivity contribution in [1.29, 1.82) is 0 Å². The Morgan fingerprint density at radius 3 is 2.40 bits per heavy atom. The Hall–Kier alpha value is -0.860. The number of hydrogen-bond acceptors (Lipinski definition) is 2. The zero-order chi connectivity index (χ0) is 11.1. The molecule has 0 bridgehead atoms. The van der Waals surface area contributed by atoms with Crippen molar-refractivity contribution in [2.75, 3.05) is 13.1 Å². The lowest BCUT2D eigenvalue weighted by molar-refractivity contribution is 0.0713. The second-order valence-electron chi connectivity index (χ2n) is 4.55. The van der Waals surface area contributed by atoms with E-state index in [1.165, 1.54) is 5.56 Å². The lowest BCUT2D eigenvalue weighted by atomic mass is 10.1. The highest BCUT2D eigenvalue weighted by molar-refractivity contribution is 5.14. The van der Waals surface area contributed by atoms with Crippen LogP contribution >= 0.6 is 0 Å². The lowest BCUT2D eigenvalue weighted by Crippen LogP contribution is -2.27. The van der Waals surface area contributed by atoms with Gasteiger partial charge in [0.1, 0.15) is 0 Å². The molecule has 1 aromatic carbocycles. The van der Waals surface area contributed by atoms with Crippen LogP contribution in [0.5, 0.6) is 0 Å². The molecule has 0 fully saturated rings. The van der Waals surface area contributed by atoms with Crippen LogP contribution in [-0.2, 0) is 6.42 Å². The lowest BCUT2D eigenvalue weighted by Gasteiger charge is -2.16. The standard InChI is InChI=1S/C13H21NO/c1-13(2,15)9-11-14-10-8-12-6-4-3-5-7-12/h3-7,14-15H,8-11H2,1-2H3. The molecule has 15 heavy (non-hydrogen) atoms. The van der Waals surface area contributed by atoms with Crippen molar-refractivity contribution in [3.63, 3.8) is 0 Å².